The SMILES string of the molecule is O=C(O)/C=C(\c1ccncc1)C(F)(F)F. The number of rotatable bonds is 2. The molecule has 0 aromatic carbocycles. The standard InChI is InChI=1S/C9H6F3NO2/c10-9(11,12)7(5-8(14)15)6-1-3-13-4-2-6/h1-5H,(H,14,15)/b7-5+. The summed E-state index contributed by atoms with van der Waals surface area (Å²) in [6.07, 6.45) is -2.23. The Morgan fingerprint density at radius 3 is 2.27 bits per heavy atom. The molecule has 1 heterocycles. The van der Waals surface area contributed by atoms with Gasteiger partial charge in [0, 0.05) is 18.5 Å². The Kier molecular flexibility index (Phi) is 3.08. The number of carboxylic acid groups (broad SMARTS) is 1. The van der Waals surface area contributed by atoms with Crippen LogP contribution in [0.2, 0.25) is 0 Å². The zero-order valence-electron chi connectivity index (χ0n) is 7.32. The van der Waals surface area contributed by atoms with E-state index in [1.807, 2.05) is 0 Å². The highest BCUT2D eigenvalue weighted by Gasteiger charge is 2.35. The quantitative estimate of drug-likeness (QED) is 0.772. The van der Waals surface area contributed by atoms with E-state index in [0.717, 1.165) is 24.5 Å². The van der Waals surface area contributed by atoms with Crippen LogP contribution in [-0.2, 0) is 4.79 Å². The number of carboxylic acids is 1. The largest absolute Gasteiger partial charge is 0.478 e. The topological polar surface area (TPSA) is 50.2 Å². The number of hydrogen-bond donors (Lipinski definition) is 1. The maximum absolute atomic E-state index is 12.4. The fourth-order valence-corrected chi connectivity index (χ4v) is 0.984. The molecule has 15 heavy (non-hydrogen) atoms. The molecule has 0 saturated carbocycles. The molecule has 0 atom stereocenters. The fourth-order valence-electron chi connectivity index (χ4n) is 0.984. The number of pyridine rings is 1. The minimum atomic E-state index is -4.69. The van der Waals surface area contributed by atoms with Gasteiger partial charge in [0.2, 0.25) is 0 Å². The van der Waals surface area contributed by atoms with E-state index in [-0.39, 0.29) is 11.6 Å². The summed E-state index contributed by atoms with van der Waals surface area (Å²) in [5, 5.41) is 8.32. The van der Waals surface area contributed by atoms with E-state index in [1.165, 1.54) is 0 Å². The number of alkyl halides is 3. The molecular formula is C9H6F3NO2. The monoisotopic (exact) mass is 217 g/mol. The van der Waals surface area contributed by atoms with Gasteiger partial charge in [0.05, 0.1) is 5.57 Å². The molecular weight excluding hydrogens is 211 g/mol. The second-order valence-corrected chi connectivity index (χ2v) is 2.63. The van der Waals surface area contributed by atoms with Crippen LogP contribution < -0.4 is 0 Å². The van der Waals surface area contributed by atoms with Crippen molar-refractivity contribution in [1.82, 2.24) is 4.98 Å². The van der Waals surface area contributed by atoms with Crippen molar-refractivity contribution in [3.8, 4) is 0 Å². The van der Waals surface area contributed by atoms with Crippen molar-refractivity contribution in [1.29, 1.82) is 0 Å². The lowest BCUT2D eigenvalue weighted by atomic mass is 10.1. The highest BCUT2D eigenvalue weighted by Crippen LogP contribution is 2.33. The second-order valence-electron chi connectivity index (χ2n) is 2.63. The molecule has 0 aliphatic heterocycles. The first-order valence-corrected chi connectivity index (χ1v) is 3.83. The molecule has 1 aromatic heterocycles. The first-order valence-electron chi connectivity index (χ1n) is 3.83. The van der Waals surface area contributed by atoms with E-state index in [2.05, 4.69) is 4.98 Å². The zero-order chi connectivity index (χ0) is 11.5. The van der Waals surface area contributed by atoms with Crippen LogP contribution in [-0.4, -0.2) is 22.2 Å². The van der Waals surface area contributed by atoms with Crippen LogP contribution in [0, 0.1) is 0 Å². The van der Waals surface area contributed by atoms with E-state index in [4.69, 9.17) is 5.11 Å². The Balaban J connectivity index is 3.20. The Bertz CT molecular complexity index is 384. The third-order valence-electron chi connectivity index (χ3n) is 1.56. The van der Waals surface area contributed by atoms with Crippen LogP contribution >= 0.6 is 0 Å². The van der Waals surface area contributed by atoms with Crippen molar-refractivity contribution in [2.24, 2.45) is 0 Å². The summed E-state index contributed by atoms with van der Waals surface area (Å²) >= 11 is 0. The van der Waals surface area contributed by atoms with E-state index in [0.29, 0.717) is 0 Å². The van der Waals surface area contributed by atoms with Gasteiger partial charge in [-0.3, -0.25) is 4.98 Å². The summed E-state index contributed by atoms with van der Waals surface area (Å²) in [4.78, 5) is 13.8. The van der Waals surface area contributed by atoms with Gasteiger partial charge in [-0.1, -0.05) is 0 Å². The van der Waals surface area contributed by atoms with Gasteiger partial charge >= 0.3 is 12.1 Å². The average Bonchev–Trinajstić information content (AvgIpc) is 2.14. The van der Waals surface area contributed by atoms with Gasteiger partial charge in [-0.2, -0.15) is 13.2 Å². The number of aliphatic carboxylic acids is 1. The molecule has 0 aliphatic carbocycles. The Morgan fingerprint density at radius 2 is 1.87 bits per heavy atom. The summed E-state index contributed by atoms with van der Waals surface area (Å²) in [7, 11) is 0. The van der Waals surface area contributed by atoms with Gasteiger partial charge in [0.1, 0.15) is 0 Å². The summed E-state index contributed by atoms with van der Waals surface area (Å²) in [6.45, 7) is 0. The van der Waals surface area contributed by atoms with Gasteiger partial charge in [0.15, 0.2) is 0 Å². The third-order valence-corrected chi connectivity index (χ3v) is 1.56. The molecule has 0 aliphatic rings. The summed E-state index contributed by atoms with van der Waals surface area (Å²) in [5.41, 5.74) is -1.42. The highest BCUT2D eigenvalue weighted by molar-refractivity contribution is 5.91. The van der Waals surface area contributed by atoms with Gasteiger partial charge < -0.3 is 5.11 Å². The lowest BCUT2D eigenvalue weighted by Gasteiger charge is -2.10. The molecule has 0 amide bonds. The van der Waals surface area contributed by atoms with Crippen molar-refractivity contribution in [2.75, 3.05) is 0 Å². The molecule has 0 radical (unpaired) electrons. The van der Waals surface area contributed by atoms with Gasteiger partial charge in [0.25, 0.3) is 0 Å². The highest BCUT2D eigenvalue weighted by atomic mass is 19.4. The van der Waals surface area contributed by atoms with Crippen LogP contribution in [0.3, 0.4) is 0 Å². The molecule has 0 fully saturated rings. The minimum Gasteiger partial charge on any atom is -0.478 e. The predicted molar refractivity (Wildman–Crippen MR) is 45.9 cm³/mol. The molecule has 0 unspecified atom stereocenters. The number of hydrogen-bond acceptors (Lipinski definition) is 2. The lowest BCUT2D eigenvalue weighted by Crippen LogP contribution is -2.12. The number of allylic oxidation sites excluding steroid dienone is 1. The van der Waals surface area contributed by atoms with Gasteiger partial charge in [-0.15, -0.1) is 0 Å². The van der Waals surface area contributed by atoms with E-state index in [1.54, 1.807) is 0 Å². The Hall–Kier alpha value is -1.85. The number of nitrogens with zero attached hydrogens (tertiary/aromatic N) is 1. The van der Waals surface area contributed by atoms with Gasteiger partial charge in [-0.05, 0) is 17.7 Å². The number of carbonyl (C=O) groups is 1. The van der Waals surface area contributed by atoms with Crippen LogP contribution in [0.25, 0.3) is 5.57 Å². The maximum atomic E-state index is 12.4. The van der Waals surface area contributed by atoms with Crippen LogP contribution in [0.15, 0.2) is 30.6 Å². The van der Waals surface area contributed by atoms with E-state index >= 15 is 0 Å². The number of aromatic nitrogens is 1. The van der Waals surface area contributed by atoms with Crippen molar-refractivity contribution in [2.45, 2.75) is 6.18 Å². The van der Waals surface area contributed by atoms with E-state index in [9.17, 15) is 18.0 Å². The third kappa shape index (κ3) is 3.08. The second kappa shape index (κ2) is 4.12. The first kappa shape index (κ1) is 11.2. The average molecular weight is 217 g/mol. The van der Waals surface area contributed by atoms with Crippen molar-refractivity contribution < 1.29 is 23.1 Å². The lowest BCUT2D eigenvalue weighted by molar-refractivity contribution is -0.131. The normalized spacial score (nSPS) is 12.6. The first-order chi connectivity index (χ1) is 6.91. The molecule has 1 N–H and O–H groups in total. The molecule has 80 valence electrons. The van der Waals surface area contributed by atoms with E-state index < -0.39 is 17.7 Å². The molecule has 3 nitrogen and oxygen atoms in total. The Labute approximate surface area is 82.9 Å². The molecule has 0 saturated heterocycles. The van der Waals surface area contributed by atoms with Crippen molar-refractivity contribution in [3.05, 3.63) is 36.2 Å². The minimum absolute atomic E-state index is 0.134. The van der Waals surface area contributed by atoms with Crippen molar-refractivity contribution in [3.63, 3.8) is 0 Å². The van der Waals surface area contributed by atoms with Crippen LogP contribution in [0.5, 0.6) is 0 Å². The van der Waals surface area contributed by atoms with Crippen LogP contribution in [0.1, 0.15) is 5.56 Å². The molecule has 6 heteroatoms. The molecule has 0 bridgehead atoms. The van der Waals surface area contributed by atoms with Crippen molar-refractivity contribution >= 4 is 11.5 Å². The Morgan fingerprint density at radius 1 is 1.33 bits per heavy atom. The summed E-state index contributed by atoms with van der Waals surface area (Å²) in [6, 6.07) is 2.20. The maximum Gasteiger partial charge on any atom is 0.417 e. The molecule has 0 spiro atoms. The number of halogens is 3. The zero-order valence-corrected chi connectivity index (χ0v) is 7.32. The predicted octanol–water partition coefficient (Wildman–Crippen LogP) is 2.11. The van der Waals surface area contributed by atoms with Gasteiger partial charge in [-0.25, -0.2) is 4.79 Å². The van der Waals surface area contributed by atoms with Crippen LogP contribution in [0.4, 0.5) is 13.2 Å². The summed E-state index contributed by atoms with van der Waals surface area (Å²) < 4.78 is 37.2. The summed E-state index contributed by atoms with van der Waals surface area (Å²) in [5.74, 6) is -1.64. The molecule has 1 aromatic rings. The molecule has 1 rings (SSSR count). The fraction of sp³-hybridized carbons (Fsp3) is 0.111. The smallest absolute Gasteiger partial charge is 0.417 e.